The highest BCUT2D eigenvalue weighted by Gasteiger charge is 2.22. The Balaban J connectivity index is 1.79. The lowest BCUT2D eigenvalue weighted by Crippen LogP contribution is -2.34. The molecule has 3 aromatic rings. The van der Waals surface area contributed by atoms with Gasteiger partial charge >= 0.3 is 0 Å². The number of nitrogens with zero attached hydrogens (tertiary/aromatic N) is 2. The van der Waals surface area contributed by atoms with Gasteiger partial charge in [0.15, 0.2) is 0 Å². The van der Waals surface area contributed by atoms with E-state index in [0.717, 1.165) is 19.6 Å². The monoisotopic (exact) mass is 376 g/mol. The van der Waals surface area contributed by atoms with Crippen LogP contribution in [0.1, 0.15) is 22.3 Å². The normalized spacial score (nSPS) is 14.6. The van der Waals surface area contributed by atoms with Crippen LogP contribution >= 0.6 is 11.8 Å². The van der Waals surface area contributed by atoms with Gasteiger partial charge in [0.25, 0.3) is 0 Å². The van der Waals surface area contributed by atoms with Gasteiger partial charge in [-0.1, -0.05) is 59.7 Å². The van der Waals surface area contributed by atoms with Gasteiger partial charge in [-0.15, -0.1) is 0 Å². The van der Waals surface area contributed by atoms with Crippen molar-refractivity contribution in [1.82, 2.24) is 4.57 Å². The van der Waals surface area contributed by atoms with Crippen LogP contribution in [-0.4, -0.2) is 29.2 Å². The zero-order chi connectivity index (χ0) is 18.8. The van der Waals surface area contributed by atoms with Gasteiger partial charge in [0.1, 0.15) is 5.82 Å². The third-order valence-corrected chi connectivity index (χ3v) is 6.31. The SMILES string of the molecule is Cc1ccc(Cn2cc(C)c(-c3ccc(C)cc3)c2N2CCSCC2)cc1. The molecule has 2 heterocycles. The topological polar surface area (TPSA) is 8.17 Å². The molecule has 1 saturated heterocycles. The van der Waals surface area contributed by atoms with Crippen molar-refractivity contribution in [2.75, 3.05) is 29.5 Å². The van der Waals surface area contributed by atoms with Crippen molar-refractivity contribution in [1.29, 1.82) is 0 Å². The molecule has 0 amide bonds. The Kier molecular flexibility index (Phi) is 5.31. The quantitative estimate of drug-likeness (QED) is 0.579. The van der Waals surface area contributed by atoms with Crippen LogP contribution < -0.4 is 4.90 Å². The van der Waals surface area contributed by atoms with Gasteiger partial charge in [-0.3, -0.25) is 0 Å². The Morgan fingerprint density at radius 1 is 0.815 bits per heavy atom. The molecule has 1 fully saturated rings. The van der Waals surface area contributed by atoms with Crippen LogP contribution in [0.25, 0.3) is 11.1 Å². The summed E-state index contributed by atoms with van der Waals surface area (Å²) in [7, 11) is 0. The van der Waals surface area contributed by atoms with E-state index in [0.29, 0.717) is 0 Å². The highest BCUT2D eigenvalue weighted by atomic mass is 32.2. The number of aryl methyl sites for hydroxylation is 3. The van der Waals surface area contributed by atoms with Crippen LogP contribution in [0.5, 0.6) is 0 Å². The average Bonchev–Trinajstić information content (AvgIpc) is 3.01. The molecule has 1 aliphatic heterocycles. The van der Waals surface area contributed by atoms with Gasteiger partial charge in [0.2, 0.25) is 0 Å². The number of anilines is 1. The van der Waals surface area contributed by atoms with Crippen LogP contribution in [0.3, 0.4) is 0 Å². The van der Waals surface area contributed by atoms with E-state index in [9.17, 15) is 0 Å². The standard InChI is InChI=1S/C24H28N2S/c1-18-4-8-21(9-5-18)17-26-16-20(3)23(22-10-6-19(2)7-11-22)24(26)25-12-14-27-15-13-25/h4-11,16H,12-15,17H2,1-3H3. The molecule has 2 nitrogen and oxygen atoms in total. The van der Waals surface area contributed by atoms with Crippen molar-refractivity contribution in [3.05, 3.63) is 77.0 Å². The minimum atomic E-state index is 0.923. The number of hydrogen-bond donors (Lipinski definition) is 0. The highest BCUT2D eigenvalue weighted by Crippen LogP contribution is 2.37. The van der Waals surface area contributed by atoms with Crippen LogP contribution in [0.15, 0.2) is 54.7 Å². The molecule has 0 bridgehead atoms. The summed E-state index contributed by atoms with van der Waals surface area (Å²) in [4.78, 5) is 2.59. The molecular weight excluding hydrogens is 348 g/mol. The number of aromatic nitrogens is 1. The Hall–Kier alpha value is -2.13. The van der Waals surface area contributed by atoms with E-state index in [2.05, 4.69) is 96.7 Å². The summed E-state index contributed by atoms with van der Waals surface area (Å²) in [6, 6.07) is 17.9. The molecule has 4 rings (SSSR count). The molecule has 1 aromatic heterocycles. The molecule has 0 unspecified atom stereocenters. The smallest absolute Gasteiger partial charge is 0.117 e. The number of rotatable bonds is 4. The predicted molar refractivity (Wildman–Crippen MR) is 119 cm³/mol. The molecule has 140 valence electrons. The molecular formula is C24H28N2S. The summed E-state index contributed by atoms with van der Waals surface area (Å²) in [5.74, 6) is 3.81. The number of hydrogen-bond acceptors (Lipinski definition) is 2. The van der Waals surface area contributed by atoms with Crippen molar-refractivity contribution in [2.45, 2.75) is 27.3 Å². The second-order valence-corrected chi connectivity index (χ2v) is 8.81. The Morgan fingerprint density at radius 3 is 2.04 bits per heavy atom. The summed E-state index contributed by atoms with van der Waals surface area (Å²) < 4.78 is 2.46. The first-order valence-electron chi connectivity index (χ1n) is 9.77. The first kappa shape index (κ1) is 18.2. The molecule has 0 atom stereocenters. The molecule has 3 heteroatoms. The Bertz CT molecular complexity index is 901. The largest absolute Gasteiger partial charge is 0.356 e. The maximum absolute atomic E-state index is 2.59. The summed E-state index contributed by atoms with van der Waals surface area (Å²) in [5, 5.41) is 0. The first-order chi connectivity index (χ1) is 13.1. The average molecular weight is 377 g/mol. The van der Waals surface area contributed by atoms with Gasteiger partial charge in [0.05, 0.1) is 0 Å². The van der Waals surface area contributed by atoms with E-state index in [1.54, 1.807) is 0 Å². The fourth-order valence-electron chi connectivity index (χ4n) is 3.88. The lowest BCUT2D eigenvalue weighted by molar-refractivity contribution is 0.744. The molecule has 2 aromatic carbocycles. The lowest BCUT2D eigenvalue weighted by Gasteiger charge is -2.31. The Morgan fingerprint density at radius 2 is 1.41 bits per heavy atom. The van der Waals surface area contributed by atoms with E-state index in [1.807, 2.05) is 0 Å². The molecule has 0 aliphatic carbocycles. The zero-order valence-corrected chi connectivity index (χ0v) is 17.4. The summed E-state index contributed by atoms with van der Waals surface area (Å²) in [6.45, 7) is 9.73. The van der Waals surface area contributed by atoms with Crippen LogP contribution in [0, 0.1) is 20.8 Å². The van der Waals surface area contributed by atoms with E-state index in [-0.39, 0.29) is 0 Å². The maximum Gasteiger partial charge on any atom is 0.117 e. The van der Waals surface area contributed by atoms with Crippen molar-refractivity contribution < 1.29 is 0 Å². The van der Waals surface area contributed by atoms with Gasteiger partial charge in [-0.05, 0) is 37.5 Å². The maximum atomic E-state index is 2.59. The minimum Gasteiger partial charge on any atom is -0.356 e. The second kappa shape index (κ2) is 7.85. The van der Waals surface area contributed by atoms with Crippen molar-refractivity contribution >= 4 is 17.6 Å². The van der Waals surface area contributed by atoms with Gasteiger partial charge < -0.3 is 9.47 Å². The predicted octanol–water partition coefficient (Wildman–Crippen LogP) is 5.68. The van der Waals surface area contributed by atoms with Crippen molar-refractivity contribution in [2.24, 2.45) is 0 Å². The summed E-state index contributed by atoms with van der Waals surface area (Å²) in [5.41, 5.74) is 8.07. The van der Waals surface area contributed by atoms with Crippen LogP contribution in [-0.2, 0) is 6.54 Å². The van der Waals surface area contributed by atoms with E-state index >= 15 is 0 Å². The molecule has 0 saturated carbocycles. The van der Waals surface area contributed by atoms with Crippen LogP contribution in [0.4, 0.5) is 5.82 Å². The minimum absolute atomic E-state index is 0.923. The number of benzene rings is 2. The van der Waals surface area contributed by atoms with Crippen LogP contribution in [0.2, 0.25) is 0 Å². The summed E-state index contributed by atoms with van der Waals surface area (Å²) in [6.07, 6.45) is 2.34. The van der Waals surface area contributed by atoms with E-state index in [4.69, 9.17) is 0 Å². The second-order valence-electron chi connectivity index (χ2n) is 7.59. The summed E-state index contributed by atoms with van der Waals surface area (Å²) >= 11 is 2.06. The molecule has 1 aliphatic rings. The molecule has 27 heavy (non-hydrogen) atoms. The lowest BCUT2D eigenvalue weighted by atomic mass is 10.0. The molecule has 0 spiro atoms. The molecule has 0 N–H and O–H groups in total. The third kappa shape index (κ3) is 3.93. The number of thioether (sulfide) groups is 1. The fourth-order valence-corrected chi connectivity index (χ4v) is 4.79. The first-order valence-corrected chi connectivity index (χ1v) is 10.9. The van der Waals surface area contributed by atoms with Crippen molar-refractivity contribution in [3.63, 3.8) is 0 Å². The van der Waals surface area contributed by atoms with E-state index in [1.165, 1.54) is 50.7 Å². The zero-order valence-electron chi connectivity index (χ0n) is 16.5. The van der Waals surface area contributed by atoms with E-state index < -0.39 is 0 Å². The third-order valence-electron chi connectivity index (χ3n) is 5.36. The van der Waals surface area contributed by atoms with Gasteiger partial charge in [-0.2, -0.15) is 11.8 Å². The highest BCUT2D eigenvalue weighted by molar-refractivity contribution is 7.99. The molecule has 0 radical (unpaired) electrons. The van der Waals surface area contributed by atoms with Gasteiger partial charge in [-0.25, -0.2) is 0 Å². The van der Waals surface area contributed by atoms with Gasteiger partial charge in [0, 0.05) is 42.9 Å². The fraction of sp³-hybridized carbons (Fsp3) is 0.333. The Labute approximate surface area is 167 Å². The van der Waals surface area contributed by atoms with Crippen molar-refractivity contribution in [3.8, 4) is 11.1 Å².